The third kappa shape index (κ3) is 3.76. The molecule has 1 aliphatic heterocycles. The summed E-state index contributed by atoms with van der Waals surface area (Å²) < 4.78 is 27.1. The minimum absolute atomic E-state index is 0.00408. The van der Waals surface area contributed by atoms with E-state index in [-0.39, 0.29) is 16.8 Å². The Morgan fingerprint density at radius 2 is 1.79 bits per heavy atom. The first-order chi connectivity index (χ1) is 11.4. The first kappa shape index (κ1) is 16.9. The topological polar surface area (TPSA) is 104 Å². The maximum Gasteiger partial charge on any atom is 0.306 e. The summed E-state index contributed by atoms with van der Waals surface area (Å²) in [6.45, 7) is 0.736. The van der Waals surface area contributed by atoms with Gasteiger partial charge in [-0.2, -0.15) is 0 Å². The number of hydrogen-bond donors (Lipinski definition) is 2. The monoisotopic (exact) mass is 352 g/mol. The lowest BCUT2D eigenvalue weighted by Crippen LogP contribution is -2.40. The molecular formula is C16H20N2O5S. The highest BCUT2D eigenvalue weighted by atomic mass is 32.2. The molecule has 1 saturated heterocycles. The van der Waals surface area contributed by atoms with E-state index in [2.05, 4.69) is 4.72 Å². The maximum absolute atomic E-state index is 12.6. The van der Waals surface area contributed by atoms with Gasteiger partial charge in [-0.1, -0.05) is 6.07 Å². The molecule has 1 aromatic rings. The van der Waals surface area contributed by atoms with E-state index in [9.17, 15) is 18.0 Å². The molecule has 1 aliphatic carbocycles. The van der Waals surface area contributed by atoms with Crippen LogP contribution in [0, 0.1) is 5.92 Å². The van der Waals surface area contributed by atoms with E-state index < -0.39 is 21.9 Å². The Labute approximate surface area is 140 Å². The fourth-order valence-corrected chi connectivity index (χ4v) is 4.15. The van der Waals surface area contributed by atoms with Crippen molar-refractivity contribution in [1.82, 2.24) is 9.62 Å². The van der Waals surface area contributed by atoms with Crippen LogP contribution in [0.5, 0.6) is 0 Å². The molecule has 0 spiro atoms. The zero-order valence-corrected chi connectivity index (χ0v) is 14.0. The molecule has 0 atom stereocenters. The molecule has 3 rings (SSSR count). The molecule has 1 heterocycles. The molecule has 7 nitrogen and oxygen atoms in total. The standard InChI is InChI=1S/C16H20N2O5S/c19-15(18-8-6-11(7-9-18)16(20)21)12-2-1-3-14(10-12)24(22,23)17-13-4-5-13/h1-3,10-11,13,17H,4-9H2,(H,20,21). The number of carboxylic acid groups (broad SMARTS) is 1. The first-order valence-electron chi connectivity index (χ1n) is 8.01. The molecule has 1 aromatic carbocycles. The number of nitrogens with zero attached hydrogens (tertiary/aromatic N) is 1. The summed E-state index contributed by atoms with van der Waals surface area (Å²) in [6.07, 6.45) is 2.53. The molecule has 2 aliphatic rings. The van der Waals surface area contributed by atoms with E-state index in [0.717, 1.165) is 12.8 Å². The SMILES string of the molecule is O=C(O)C1CCN(C(=O)c2cccc(S(=O)(=O)NC3CC3)c2)CC1. The predicted octanol–water partition coefficient (Wildman–Crippen LogP) is 1.06. The van der Waals surface area contributed by atoms with Gasteiger partial charge in [-0.05, 0) is 43.9 Å². The van der Waals surface area contributed by atoms with Gasteiger partial charge in [-0.3, -0.25) is 9.59 Å². The Bertz CT molecular complexity index is 749. The number of sulfonamides is 1. The smallest absolute Gasteiger partial charge is 0.306 e. The van der Waals surface area contributed by atoms with E-state index in [1.807, 2.05) is 0 Å². The maximum atomic E-state index is 12.6. The quantitative estimate of drug-likeness (QED) is 0.825. The highest BCUT2D eigenvalue weighted by Gasteiger charge is 2.30. The second kappa shape index (κ2) is 6.52. The van der Waals surface area contributed by atoms with E-state index in [1.165, 1.54) is 12.1 Å². The Hall–Kier alpha value is -1.93. The van der Waals surface area contributed by atoms with E-state index in [0.29, 0.717) is 31.5 Å². The van der Waals surface area contributed by atoms with Crippen LogP contribution < -0.4 is 4.72 Å². The molecule has 24 heavy (non-hydrogen) atoms. The van der Waals surface area contributed by atoms with Gasteiger partial charge >= 0.3 is 5.97 Å². The number of likely N-dealkylation sites (tertiary alicyclic amines) is 1. The van der Waals surface area contributed by atoms with Crippen molar-refractivity contribution >= 4 is 21.9 Å². The summed E-state index contributed by atoms with van der Waals surface area (Å²) in [5.74, 6) is -1.51. The summed E-state index contributed by atoms with van der Waals surface area (Å²) in [5.41, 5.74) is 0.308. The minimum atomic E-state index is -3.60. The third-order valence-corrected chi connectivity index (χ3v) is 5.94. The second-order valence-corrected chi connectivity index (χ2v) is 8.04. The number of carbonyl (C=O) groups is 2. The number of amides is 1. The van der Waals surface area contributed by atoms with E-state index >= 15 is 0 Å². The molecule has 2 N–H and O–H groups in total. The highest BCUT2D eigenvalue weighted by Crippen LogP contribution is 2.23. The Morgan fingerprint density at radius 3 is 2.38 bits per heavy atom. The zero-order chi connectivity index (χ0) is 17.3. The first-order valence-corrected chi connectivity index (χ1v) is 9.49. The van der Waals surface area contributed by atoms with Gasteiger partial charge in [0.1, 0.15) is 0 Å². The number of hydrogen-bond acceptors (Lipinski definition) is 4. The number of benzene rings is 1. The van der Waals surface area contributed by atoms with Crippen molar-refractivity contribution < 1.29 is 23.1 Å². The van der Waals surface area contributed by atoms with Gasteiger partial charge < -0.3 is 10.0 Å². The second-order valence-electron chi connectivity index (χ2n) is 6.33. The van der Waals surface area contributed by atoms with Crippen LogP contribution in [-0.4, -0.2) is 49.4 Å². The third-order valence-electron chi connectivity index (χ3n) is 4.42. The van der Waals surface area contributed by atoms with Gasteiger partial charge in [0, 0.05) is 24.7 Å². The number of aliphatic carboxylic acids is 1. The highest BCUT2D eigenvalue weighted by molar-refractivity contribution is 7.89. The summed E-state index contributed by atoms with van der Waals surface area (Å²) in [6, 6.07) is 6.00. The van der Waals surface area contributed by atoms with Crippen LogP contribution in [-0.2, 0) is 14.8 Å². The van der Waals surface area contributed by atoms with Crippen molar-refractivity contribution in [3.05, 3.63) is 29.8 Å². The molecule has 0 aromatic heterocycles. The van der Waals surface area contributed by atoms with E-state index in [4.69, 9.17) is 5.11 Å². The van der Waals surface area contributed by atoms with Crippen molar-refractivity contribution in [3.63, 3.8) is 0 Å². The molecule has 0 bridgehead atoms. The lowest BCUT2D eigenvalue weighted by Gasteiger charge is -2.30. The van der Waals surface area contributed by atoms with Gasteiger partial charge in [0.25, 0.3) is 5.91 Å². The molecule has 1 saturated carbocycles. The van der Waals surface area contributed by atoms with Crippen LogP contribution in [0.25, 0.3) is 0 Å². The molecule has 1 amide bonds. The molecule has 0 radical (unpaired) electrons. The van der Waals surface area contributed by atoms with Gasteiger partial charge in [0.15, 0.2) is 0 Å². The summed E-state index contributed by atoms with van der Waals surface area (Å²) in [5, 5.41) is 9.01. The summed E-state index contributed by atoms with van der Waals surface area (Å²) >= 11 is 0. The van der Waals surface area contributed by atoms with Crippen molar-refractivity contribution in [2.75, 3.05) is 13.1 Å². The molecular weight excluding hydrogens is 332 g/mol. The fraction of sp³-hybridized carbons (Fsp3) is 0.500. The van der Waals surface area contributed by atoms with Crippen LogP contribution >= 0.6 is 0 Å². The minimum Gasteiger partial charge on any atom is -0.481 e. The molecule has 8 heteroatoms. The molecule has 0 unspecified atom stereocenters. The number of piperidine rings is 1. The zero-order valence-electron chi connectivity index (χ0n) is 13.1. The predicted molar refractivity (Wildman–Crippen MR) is 86.0 cm³/mol. The molecule has 130 valence electrons. The lowest BCUT2D eigenvalue weighted by molar-refractivity contribution is -0.143. The van der Waals surface area contributed by atoms with Crippen molar-refractivity contribution in [2.24, 2.45) is 5.92 Å². The van der Waals surface area contributed by atoms with Crippen LogP contribution in [0.4, 0.5) is 0 Å². The van der Waals surface area contributed by atoms with Gasteiger partial charge in [-0.15, -0.1) is 0 Å². The number of nitrogens with one attached hydrogen (secondary N) is 1. The Morgan fingerprint density at radius 1 is 1.12 bits per heavy atom. The van der Waals surface area contributed by atoms with Crippen LogP contribution in [0.2, 0.25) is 0 Å². The van der Waals surface area contributed by atoms with Gasteiger partial charge in [-0.25, -0.2) is 13.1 Å². The molecule has 2 fully saturated rings. The van der Waals surface area contributed by atoms with Crippen molar-refractivity contribution in [2.45, 2.75) is 36.6 Å². The van der Waals surface area contributed by atoms with Crippen molar-refractivity contribution in [1.29, 1.82) is 0 Å². The average molecular weight is 352 g/mol. The normalized spacial score (nSPS) is 19.2. The summed E-state index contributed by atoms with van der Waals surface area (Å²) in [4.78, 5) is 25.2. The fourth-order valence-electron chi connectivity index (χ4n) is 2.80. The summed E-state index contributed by atoms with van der Waals surface area (Å²) in [7, 11) is -3.60. The lowest BCUT2D eigenvalue weighted by atomic mass is 9.96. The van der Waals surface area contributed by atoms with Crippen LogP contribution in [0.15, 0.2) is 29.2 Å². The number of carbonyl (C=O) groups excluding carboxylic acids is 1. The van der Waals surface area contributed by atoms with Gasteiger partial charge in [0.05, 0.1) is 10.8 Å². The average Bonchev–Trinajstić information content (AvgIpc) is 3.37. The Balaban J connectivity index is 1.72. The largest absolute Gasteiger partial charge is 0.481 e. The van der Waals surface area contributed by atoms with E-state index in [1.54, 1.807) is 17.0 Å². The van der Waals surface area contributed by atoms with Crippen LogP contribution in [0.1, 0.15) is 36.0 Å². The number of rotatable bonds is 5. The van der Waals surface area contributed by atoms with Crippen LogP contribution in [0.3, 0.4) is 0 Å². The van der Waals surface area contributed by atoms with Gasteiger partial charge in [0.2, 0.25) is 10.0 Å². The van der Waals surface area contributed by atoms with Crippen molar-refractivity contribution in [3.8, 4) is 0 Å². The Kier molecular flexibility index (Phi) is 4.60. The number of carboxylic acids is 1.